The molecule has 3 aromatic rings. The summed E-state index contributed by atoms with van der Waals surface area (Å²) in [5.74, 6) is 0.0548. The molecule has 0 aliphatic heterocycles. The largest absolute Gasteiger partial charge is 0.495 e. The maximum absolute atomic E-state index is 12.7. The number of fused-ring (bicyclic) bond motifs is 1. The fourth-order valence-electron chi connectivity index (χ4n) is 3.03. The summed E-state index contributed by atoms with van der Waals surface area (Å²) in [4.78, 5) is 37.1. The molecular weight excluding hydrogens is 396 g/mol. The van der Waals surface area contributed by atoms with E-state index in [1.807, 2.05) is 0 Å². The summed E-state index contributed by atoms with van der Waals surface area (Å²) in [5, 5.41) is 3.43. The average molecular weight is 415 g/mol. The lowest BCUT2D eigenvalue weighted by Crippen LogP contribution is -2.23. The molecule has 1 heterocycles. The third kappa shape index (κ3) is 4.09. The highest BCUT2D eigenvalue weighted by Crippen LogP contribution is 2.35. The molecule has 3 rings (SSSR count). The summed E-state index contributed by atoms with van der Waals surface area (Å²) in [6.45, 7) is 1.20. The van der Waals surface area contributed by atoms with Gasteiger partial charge in [0.1, 0.15) is 18.0 Å². The number of aromatic nitrogens is 1. The van der Waals surface area contributed by atoms with Gasteiger partial charge in [0.25, 0.3) is 0 Å². The van der Waals surface area contributed by atoms with Crippen molar-refractivity contribution in [3.05, 3.63) is 63.4 Å². The molecule has 0 spiro atoms. The van der Waals surface area contributed by atoms with Crippen LogP contribution in [0, 0.1) is 0 Å². The second-order valence-electron chi connectivity index (χ2n) is 6.31. The maximum atomic E-state index is 12.7. The highest BCUT2D eigenvalue weighted by atomic mass is 35.5. The standard InChI is InChI=1S/C21H19ClN2O5/c1-12(25)14-10-24(17-7-5-4-6-13(17)21(14)27)11-20(26)23-16-8-15(22)18(28-2)9-19(16)29-3/h4-10H,11H2,1-3H3,(H,23,26). The number of anilines is 1. The molecule has 1 amide bonds. The van der Waals surface area contributed by atoms with Gasteiger partial charge in [0.05, 0.1) is 36.0 Å². The van der Waals surface area contributed by atoms with Crippen molar-refractivity contribution in [3.8, 4) is 11.5 Å². The van der Waals surface area contributed by atoms with Crippen LogP contribution in [0.25, 0.3) is 10.9 Å². The number of para-hydroxylation sites is 1. The van der Waals surface area contributed by atoms with Crippen LogP contribution in [0.1, 0.15) is 17.3 Å². The molecule has 0 saturated heterocycles. The quantitative estimate of drug-likeness (QED) is 0.624. The lowest BCUT2D eigenvalue weighted by molar-refractivity contribution is -0.116. The number of carbonyl (C=O) groups excluding carboxylic acids is 2. The van der Waals surface area contributed by atoms with Crippen LogP contribution in [-0.2, 0) is 11.3 Å². The van der Waals surface area contributed by atoms with Crippen LogP contribution in [0.15, 0.2) is 47.4 Å². The minimum Gasteiger partial charge on any atom is -0.495 e. The number of methoxy groups -OCH3 is 2. The van der Waals surface area contributed by atoms with Gasteiger partial charge >= 0.3 is 0 Å². The second kappa shape index (κ2) is 8.36. The molecule has 7 nitrogen and oxygen atoms in total. The van der Waals surface area contributed by atoms with Crippen molar-refractivity contribution >= 4 is 39.9 Å². The number of carbonyl (C=O) groups is 2. The van der Waals surface area contributed by atoms with Crippen molar-refractivity contribution < 1.29 is 19.1 Å². The van der Waals surface area contributed by atoms with Crippen molar-refractivity contribution in [2.45, 2.75) is 13.5 Å². The number of pyridine rings is 1. The first-order chi connectivity index (χ1) is 13.8. The number of ketones is 1. The Kier molecular flexibility index (Phi) is 5.89. The SMILES string of the molecule is COc1cc(OC)c(NC(=O)Cn2cc(C(C)=O)c(=O)c3ccccc32)cc1Cl. The Bertz CT molecular complexity index is 1170. The zero-order chi connectivity index (χ0) is 21.1. The molecule has 0 unspecified atom stereocenters. The Morgan fingerprint density at radius 3 is 2.45 bits per heavy atom. The number of nitrogens with zero attached hydrogens (tertiary/aromatic N) is 1. The van der Waals surface area contributed by atoms with E-state index in [-0.39, 0.29) is 29.2 Å². The number of rotatable bonds is 6. The highest BCUT2D eigenvalue weighted by Gasteiger charge is 2.16. The number of benzene rings is 2. The summed E-state index contributed by atoms with van der Waals surface area (Å²) in [7, 11) is 2.94. The Labute approximate surface area is 171 Å². The topological polar surface area (TPSA) is 86.6 Å². The molecule has 1 aromatic heterocycles. The summed E-state index contributed by atoms with van der Waals surface area (Å²) in [5.41, 5.74) is 0.604. The number of hydrogen-bond donors (Lipinski definition) is 1. The second-order valence-corrected chi connectivity index (χ2v) is 6.72. The van der Waals surface area contributed by atoms with Crippen LogP contribution in [0.4, 0.5) is 5.69 Å². The van der Waals surface area contributed by atoms with Gasteiger partial charge in [-0.05, 0) is 25.1 Å². The molecule has 150 valence electrons. The van der Waals surface area contributed by atoms with Crippen LogP contribution >= 0.6 is 11.6 Å². The summed E-state index contributed by atoms with van der Waals surface area (Å²) >= 11 is 6.14. The molecule has 0 aliphatic rings. The van der Waals surface area contributed by atoms with Crippen LogP contribution in [0.2, 0.25) is 5.02 Å². The van der Waals surface area contributed by atoms with Gasteiger partial charge in [-0.15, -0.1) is 0 Å². The van der Waals surface area contributed by atoms with E-state index in [4.69, 9.17) is 21.1 Å². The molecule has 1 N–H and O–H groups in total. The number of Topliss-reactive ketones (excluding diaryl/α,β-unsaturated/α-hetero) is 1. The van der Waals surface area contributed by atoms with Crippen molar-refractivity contribution in [2.75, 3.05) is 19.5 Å². The van der Waals surface area contributed by atoms with Gasteiger partial charge in [-0.3, -0.25) is 14.4 Å². The van der Waals surface area contributed by atoms with E-state index in [2.05, 4.69) is 5.32 Å². The molecular formula is C21H19ClN2O5. The van der Waals surface area contributed by atoms with E-state index in [9.17, 15) is 14.4 Å². The van der Waals surface area contributed by atoms with Gasteiger partial charge in [-0.25, -0.2) is 0 Å². The van der Waals surface area contributed by atoms with Crippen LogP contribution in [-0.4, -0.2) is 30.5 Å². The Morgan fingerprint density at radius 1 is 1.10 bits per heavy atom. The van der Waals surface area contributed by atoms with Gasteiger partial charge in [-0.1, -0.05) is 23.7 Å². The monoisotopic (exact) mass is 414 g/mol. The predicted octanol–water partition coefficient (Wildman–Crippen LogP) is 3.51. The van der Waals surface area contributed by atoms with E-state index < -0.39 is 0 Å². The number of nitrogens with one attached hydrogen (secondary N) is 1. The van der Waals surface area contributed by atoms with E-state index >= 15 is 0 Å². The number of halogens is 1. The maximum Gasteiger partial charge on any atom is 0.244 e. The zero-order valence-corrected chi connectivity index (χ0v) is 16.9. The molecule has 0 fully saturated rings. The fraction of sp³-hybridized carbons (Fsp3) is 0.190. The highest BCUT2D eigenvalue weighted by molar-refractivity contribution is 6.32. The Morgan fingerprint density at radius 2 is 1.79 bits per heavy atom. The van der Waals surface area contributed by atoms with Gasteiger partial charge in [0, 0.05) is 17.6 Å². The van der Waals surface area contributed by atoms with E-state index in [1.54, 1.807) is 34.9 Å². The number of amides is 1. The van der Waals surface area contributed by atoms with Crippen molar-refractivity contribution in [1.29, 1.82) is 0 Å². The van der Waals surface area contributed by atoms with E-state index in [0.717, 1.165) is 0 Å². The van der Waals surface area contributed by atoms with E-state index in [1.165, 1.54) is 33.4 Å². The molecule has 0 radical (unpaired) electrons. The number of ether oxygens (including phenoxy) is 2. The fourth-order valence-corrected chi connectivity index (χ4v) is 3.27. The van der Waals surface area contributed by atoms with Gasteiger partial charge < -0.3 is 19.4 Å². The normalized spacial score (nSPS) is 10.6. The minimum absolute atomic E-state index is 0.0292. The minimum atomic E-state index is -0.382. The Balaban J connectivity index is 1.97. The summed E-state index contributed by atoms with van der Waals surface area (Å²) in [6, 6.07) is 9.92. The molecule has 0 aliphatic carbocycles. The molecule has 2 aromatic carbocycles. The van der Waals surface area contributed by atoms with Crippen molar-refractivity contribution in [2.24, 2.45) is 0 Å². The molecule has 0 atom stereocenters. The summed E-state index contributed by atoms with van der Waals surface area (Å²) < 4.78 is 12.0. The zero-order valence-electron chi connectivity index (χ0n) is 16.1. The van der Waals surface area contributed by atoms with Crippen LogP contribution in [0.5, 0.6) is 11.5 Å². The molecule has 0 saturated carbocycles. The van der Waals surface area contributed by atoms with Crippen molar-refractivity contribution in [1.82, 2.24) is 4.57 Å². The molecule has 29 heavy (non-hydrogen) atoms. The number of hydrogen-bond acceptors (Lipinski definition) is 5. The molecule has 8 heteroatoms. The predicted molar refractivity (Wildman–Crippen MR) is 111 cm³/mol. The lowest BCUT2D eigenvalue weighted by Gasteiger charge is -2.15. The summed E-state index contributed by atoms with van der Waals surface area (Å²) in [6.07, 6.45) is 1.41. The Hall–Kier alpha value is -3.32. The van der Waals surface area contributed by atoms with Crippen LogP contribution in [0.3, 0.4) is 0 Å². The molecule has 0 bridgehead atoms. The first kappa shape index (κ1) is 20.4. The van der Waals surface area contributed by atoms with Gasteiger partial charge in [0.2, 0.25) is 5.91 Å². The van der Waals surface area contributed by atoms with Crippen molar-refractivity contribution in [3.63, 3.8) is 0 Å². The van der Waals surface area contributed by atoms with E-state index in [0.29, 0.717) is 33.1 Å². The van der Waals surface area contributed by atoms with Gasteiger partial charge in [-0.2, -0.15) is 0 Å². The average Bonchev–Trinajstić information content (AvgIpc) is 2.70. The van der Waals surface area contributed by atoms with Gasteiger partial charge in [0.15, 0.2) is 11.2 Å². The first-order valence-electron chi connectivity index (χ1n) is 8.70. The lowest BCUT2D eigenvalue weighted by atomic mass is 10.1. The first-order valence-corrected chi connectivity index (χ1v) is 9.08. The smallest absolute Gasteiger partial charge is 0.244 e. The third-order valence-corrected chi connectivity index (χ3v) is 4.72. The van der Waals surface area contributed by atoms with Crippen LogP contribution < -0.4 is 20.2 Å². The third-order valence-electron chi connectivity index (χ3n) is 4.43.